The van der Waals surface area contributed by atoms with E-state index in [2.05, 4.69) is 0 Å². The number of hydrogen-bond acceptors (Lipinski definition) is 2. The SMILES string of the molecule is O=S(F)(=NC(F)(C(F)(F)F)C(F)(F)F)C(F)(F)F. The summed E-state index contributed by atoms with van der Waals surface area (Å²) in [6, 6.07) is 0. The van der Waals surface area contributed by atoms with Crippen LogP contribution in [0.2, 0.25) is 0 Å². The summed E-state index contributed by atoms with van der Waals surface area (Å²) in [4.78, 5) is 0. The summed E-state index contributed by atoms with van der Waals surface area (Å²) < 4.78 is 139. The smallest absolute Gasteiger partial charge is 0.207 e. The molecule has 0 aliphatic heterocycles. The molecule has 1 unspecified atom stereocenters. The molecule has 0 amide bonds. The Hall–Kier alpha value is -0.820. The third-order valence-electron chi connectivity index (χ3n) is 1.28. The van der Waals surface area contributed by atoms with Crippen molar-refractivity contribution in [3.8, 4) is 0 Å². The predicted molar refractivity (Wildman–Crippen MR) is 33.7 cm³/mol. The minimum atomic E-state index is -7.56. The van der Waals surface area contributed by atoms with Crippen molar-refractivity contribution in [2.75, 3.05) is 0 Å². The summed E-state index contributed by atoms with van der Waals surface area (Å²) in [5.41, 5.74) is -6.71. The van der Waals surface area contributed by atoms with Gasteiger partial charge in [-0.25, -0.2) is 4.21 Å². The van der Waals surface area contributed by atoms with Crippen LogP contribution >= 0.6 is 0 Å². The monoisotopic (exact) mass is 319 g/mol. The molecule has 0 aromatic carbocycles. The van der Waals surface area contributed by atoms with E-state index >= 15 is 0 Å². The van der Waals surface area contributed by atoms with E-state index in [0.717, 1.165) is 0 Å². The second kappa shape index (κ2) is 4.09. The Labute approximate surface area is 91.2 Å². The Balaban J connectivity index is 6.18. The van der Waals surface area contributed by atoms with Crippen molar-refractivity contribution in [1.82, 2.24) is 0 Å². The van der Waals surface area contributed by atoms with Crippen LogP contribution in [-0.2, 0) is 10.1 Å². The third kappa shape index (κ3) is 2.95. The summed E-state index contributed by atoms with van der Waals surface area (Å²) in [6.07, 6.45) is -14.1. The lowest BCUT2D eigenvalue weighted by Gasteiger charge is -2.25. The van der Waals surface area contributed by atoms with Crippen molar-refractivity contribution in [3.63, 3.8) is 0 Å². The van der Waals surface area contributed by atoms with Crippen LogP contribution < -0.4 is 0 Å². The normalized spacial score (nSPS) is 18.4. The van der Waals surface area contributed by atoms with Crippen molar-refractivity contribution < 1.29 is 52.0 Å². The van der Waals surface area contributed by atoms with Crippen molar-refractivity contribution >= 4 is 10.1 Å². The van der Waals surface area contributed by atoms with Gasteiger partial charge in [0, 0.05) is 0 Å². The molecule has 0 rings (SSSR count). The highest BCUT2D eigenvalue weighted by Gasteiger charge is 2.75. The first-order valence-electron chi connectivity index (χ1n) is 3.32. The second-order valence-electron chi connectivity index (χ2n) is 2.61. The van der Waals surface area contributed by atoms with E-state index in [1.54, 1.807) is 0 Å². The van der Waals surface area contributed by atoms with Crippen molar-refractivity contribution in [1.29, 1.82) is 0 Å². The molecule has 0 bridgehead atoms. The number of alkyl halides is 10. The number of rotatable bonds is 1. The Morgan fingerprint density at radius 1 is 0.722 bits per heavy atom. The van der Waals surface area contributed by atoms with Crippen LogP contribution in [0.4, 0.5) is 47.8 Å². The molecule has 0 radical (unpaired) electrons. The standard InChI is InChI=1S/C4F11NOS/c5-1(2(6,7)8,3(9,10)11)16-18(15,17)4(12,13)14. The highest BCUT2D eigenvalue weighted by Crippen LogP contribution is 2.49. The van der Waals surface area contributed by atoms with Gasteiger partial charge in [-0.15, -0.1) is 8.25 Å². The summed E-state index contributed by atoms with van der Waals surface area (Å²) >= 11 is 0. The van der Waals surface area contributed by atoms with Crippen LogP contribution in [0.5, 0.6) is 0 Å². The molecule has 0 saturated carbocycles. The average Bonchev–Trinajstić information content (AvgIpc) is 1.95. The van der Waals surface area contributed by atoms with Gasteiger partial charge < -0.3 is 0 Å². The zero-order chi connectivity index (χ0) is 15.2. The van der Waals surface area contributed by atoms with Crippen molar-refractivity contribution in [3.05, 3.63) is 0 Å². The number of halogens is 11. The molecule has 0 aliphatic rings. The molecular formula is C4F11NOS. The quantitative estimate of drug-likeness (QED) is 0.412. The van der Waals surface area contributed by atoms with Crippen LogP contribution in [0.3, 0.4) is 0 Å². The second-order valence-corrected chi connectivity index (χ2v) is 4.18. The Bertz CT molecular complexity index is 406. The molecule has 0 aliphatic carbocycles. The van der Waals surface area contributed by atoms with E-state index in [1.165, 1.54) is 0 Å². The summed E-state index contributed by atoms with van der Waals surface area (Å²) in [5.74, 6) is -6.93. The first-order chi connectivity index (χ1) is 7.46. The van der Waals surface area contributed by atoms with Gasteiger partial charge in [-0.05, 0) is 0 Å². The molecule has 0 aromatic heterocycles. The highest BCUT2D eigenvalue weighted by atomic mass is 32.3. The largest absolute Gasteiger partial charge is 0.508 e. The Morgan fingerprint density at radius 2 is 1.00 bits per heavy atom. The molecule has 14 heteroatoms. The minimum Gasteiger partial charge on any atom is -0.207 e. The lowest BCUT2D eigenvalue weighted by Crippen LogP contribution is -2.52. The third-order valence-corrected chi connectivity index (χ3v) is 2.34. The van der Waals surface area contributed by atoms with Crippen LogP contribution in [0.15, 0.2) is 4.36 Å². The van der Waals surface area contributed by atoms with Crippen molar-refractivity contribution in [2.45, 2.75) is 23.7 Å². The minimum absolute atomic E-state index is 0.174. The van der Waals surface area contributed by atoms with Crippen LogP contribution in [-0.4, -0.2) is 27.9 Å². The van der Waals surface area contributed by atoms with Crippen LogP contribution in [0.25, 0.3) is 0 Å². The van der Waals surface area contributed by atoms with Gasteiger partial charge in [0.05, 0.1) is 0 Å². The molecule has 0 aromatic rings. The molecule has 1 atom stereocenters. The van der Waals surface area contributed by atoms with Gasteiger partial charge in [0.1, 0.15) is 0 Å². The van der Waals surface area contributed by atoms with E-state index in [-0.39, 0.29) is 4.36 Å². The lowest BCUT2D eigenvalue weighted by atomic mass is 10.2. The maximum absolute atomic E-state index is 12.5. The first-order valence-corrected chi connectivity index (χ1v) is 4.74. The van der Waals surface area contributed by atoms with E-state index < -0.39 is 33.8 Å². The van der Waals surface area contributed by atoms with Gasteiger partial charge in [0.15, 0.2) is 0 Å². The summed E-state index contributed by atoms with van der Waals surface area (Å²) in [7, 11) is -7.56. The molecular weight excluding hydrogens is 319 g/mol. The predicted octanol–water partition coefficient (Wildman–Crippen LogP) is 3.65. The maximum atomic E-state index is 12.5. The van der Waals surface area contributed by atoms with Gasteiger partial charge in [0.25, 0.3) is 0 Å². The topological polar surface area (TPSA) is 29.4 Å². The van der Waals surface area contributed by atoms with E-state index in [4.69, 9.17) is 0 Å². The number of hydrogen-bond donors (Lipinski definition) is 0. The van der Waals surface area contributed by atoms with E-state index in [9.17, 15) is 52.0 Å². The first kappa shape index (κ1) is 17.2. The molecule has 110 valence electrons. The fourth-order valence-electron chi connectivity index (χ4n) is 0.478. The molecule has 2 nitrogen and oxygen atoms in total. The summed E-state index contributed by atoms with van der Waals surface area (Å²) in [5, 5.41) is 0. The van der Waals surface area contributed by atoms with Crippen LogP contribution in [0.1, 0.15) is 0 Å². The average molecular weight is 319 g/mol. The molecule has 0 spiro atoms. The van der Waals surface area contributed by atoms with Gasteiger partial charge >= 0.3 is 33.8 Å². The Kier molecular flexibility index (Phi) is 3.91. The molecule has 18 heavy (non-hydrogen) atoms. The van der Waals surface area contributed by atoms with Gasteiger partial charge in [-0.1, -0.05) is 0 Å². The van der Waals surface area contributed by atoms with E-state index in [0.29, 0.717) is 0 Å². The van der Waals surface area contributed by atoms with Gasteiger partial charge in [0.2, 0.25) is 0 Å². The summed E-state index contributed by atoms with van der Waals surface area (Å²) in [6.45, 7) is 0. The fraction of sp³-hybridized carbons (Fsp3) is 1.00. The zero-order valence-electron chi connectivity index (χ0n) is 7.42. The maximum Gasteiger partial charge on any atom is 0.508 e. The Morgan fingerprint density at radius 3 is 1.17 bits per heavy atom. The molecule has 0 N–H and O–H groups in total. The lowest BCUT2D eigenvalue weighted by molar-refractivity contribution is -0.337. The molecule has 0 heterocycles. The zero-order valence-corrected chi connectivity index (χ0v) is 8.24. The molecule has 0 saturated heterocycles. The van der Waals surface area contributed by atoms with Crippen LogP contribution in [0, 0.1) is 0 Å². The van der Waals surface area contributed by atoms with E-state index in [1.807, 2.05) is 0 Å². The number of nitrogens with zero attached hydrogens (tertiary/aromatic N) is 1. The van der Waals surface area contributed by atoms with Gasteiger partial charge in [-0.3, -0.25) is 0 Å². The fourth-order valence-corrected chi connectivity index (χ4v) is 1.11. The highest BCUT2D eigenvalue weighted by molar-refractivity contribution is 7.89. The molecule has 0 fully saturated rings. The van der Waals surface area contributed by atoms with Crippen molar-refractivity contribution in [2.24, 2.45) is 4.36 Å². The van der Waals surface area contributed by atoms with Gasteiger partial charge in [-0.2, -0.15) is 43.9 Å².